The lowest BCUT2D eigenvalue weighted by Crippen LogP contribution is -2.33. The van der Waals surface area contributed by atoms with Crippen molar-refractivity contribution in [2.45, 2.75) is 13.0 Å². The molecule has 9 nitrogen and oxygen atoms in total. The quantitative estimate of drug-likeness (QED) is 0.545. The van der Waals surface area contributed by atoms with Gasteiger partial charge in [-0.2, -0.15) is 5.10 Å². The molecule has 0 fully saturated rings. The van der Waals surface area contributed by atoms with Gasteiger partial charge in [0.15, 0.2) is 11.5 Å². The molecule has 0 bridgehead atoms. The van der Waals surface area contributed by atoms with Crippen molar-refractivity contribution in [3.8, 4) is 22.8 Å². The Morgan fingerprint density at radius 3 is 2.62 bits per heavy atom. The van der Waals surface area contributed by atoms with Gasteiger partial charge in [0, 0.05) is 38.2 Å². The highest BCUT2D eigenvalue weighted by molar-refractivity contribution is 5.76. The average molecular weight is 400 g/mol. The monoisotopic (exact) mass is 400 g/mol. The van der Waals surface area contributed by atoms with E-state index < -0.39 is 0 Å². The number of rotatable bonds is 9. The molecule has 1 amide bonds. The maximum Gasteiger partial charge on any atom is 0.277 e. The summed E-state index contributed by atoms with van der Waals surface area (Å²) in [6.45, 7) is 1.01. The van der Waals surface area contributed by atoms with Gasteiger partial charge >= 0.3 is 0 Å². The van der Waals surface area contributed by atoms with Gasteiger partial charge in [0.05, 0.1) is 19.9 Å². The molecule has 3 rings (SSSR count). The molecule has 0 aliphatic heterocycles. The van der Waals surface area contributed by atoms with Gasteiger partial charge in [-0.3, -0.25) is 9.59 Å². The smallest absolute Gasteiger partial charge is 0.277 e. The van der Waals surface area contributed by atoms with E-state index >= 15 is 0 Å². The summed E-state index contributed by atoms with van der Waals surface area (Å²) in [5, 5.41) is 7.23. The molecule has 0 radical (unpaired) electrons. The highest BCUT2D eigenvalue weighted by Gasteiger charge is 2.13. The van der Waals surface area contributed by atoms with Gasteiger partial charge in [0.2, 0.25) is 5.91 Å². The zero-order valence-electron chi connectivity index (χ0n) is 16.7. The molecule has 29 heavy (non-hydrogen) atoms. The molecule has 0 unspecified atom stereocenters. The van der Waals surface area contributed by atoms with Crippen molar-refractivity contribution in [2.24, 2.45) is 0 Å². The lowest BCUT2D eigenvalue weighted by Gasteiger charge is -2.08. The van der Waals surface area contributed by atoms with Crippen LogP contribution in [0.2, 0.25) is 0 Å². The minimum atomic E-state index is -0.293. The summed E-state index contributed by atoms with van der Waals surface area (Å²) in [5.41, 5.74) is 1.49. The summed E-state index contributed by atoms with van der Waals surface area (Å²) in [4.78, 5) is 24.8. The maximum atomic E-state index is 12.8. The van der Waals surface area contributed by atoms with Crippen LogP contribution in [0.4, 0.5) is 0 Å². The highest BCUT2D eigenvalue weighted by Crippen LogP contribution is 2.31. The van der Waals surface area contributed by atoms with Crippen LogP contribution in [0.15, 0.2) is 41.5 Å². The van der Waals surface area contributed by atoms with Crippen molar-refractivity contribution < 1.29 is 19.0 Å². The number of hydrogen-bond donors (Lipinski definition) is 1. The minimum absolute atomic E-state index is 0.0564. The summed E-state index contributed by atoms with van der Waals surface area (Å²) in [6.07, 6.45) is 3.92. The second-order valence-corrected chi connectivity index (χ2v) is 6.36. The highest BCUT2D eigenvalue weighted by atomic mass is 16.5. The van der Waals surface area contributed by atoms with Crippen molar-refractivity contribution >= 4 is 11.4 Å². The Morgan fingerprint density at radius 1 is 1.10 bits per heavy atom. The number of benzene rings is 1. The van der Waals surface area contributed by atoms with Crippen molar-refractivity contribution in [3.63, 3.8) is 0 Å². The molecular weight excluding hydrogens is 376 g/mol. The molecule has 2 heterocycles. The van der Waals surface area contributed by atoms with Crippen LogP contribution in [0.5, 0.6) is 11.5 Å². The lowest BCUT2D eigenvalue weighted by atomic mass is 10.1. The summed E-state index contributed by atoms with van der Waals surface area (Å²) >= 11 is 0. The fraction of sp³-hybridized carbons (Fsp3) is 0.350. The first-order valence-electron chi connectivity index (χ1n) is 9.14. The summed E-state index contributed by atoms with van der Waals surface area (Å²) < 4.78 is 18.4. The first-order chi connectivity index (χ1) is 14.1. The molecule has 3 aromatic rings. The number of methoxy groups -OCH3 is 3. The fourth-order valence-electron chi connectivity index (χ4n) is 2.94. The average Bonchev–Trinajstić information content (AvgIpc) is 3.18. The number of carbonyl (C=O) groups excluding carboxylic acids is 1. The van der Waals surface area contributed by atoms with Crippen LogP contribution in [-0.4, -0.2) is 54.6 Å². The number of nitrogens with zero attached hydrogens (tertiary/aromatic N) is 3. The number of carbonyl (C=O) groups is 1. The van der Waals surface area contributed by atoms with Crippen LogP contribution in [0.25, 0.3) is 16.8 Å². The maximum absolute atomic E-state index is 12.8. The van der Waals surface area contributed by atoms with Gasteiger partial charge in [-0.15, -0.1) is 0 Å². The molecular formula is C20H24N4O5. The number of fused-ring (bicyclic) bond motifs is 1. The number of amides is 1. The zero-order valence-corrected chi connectivity index (χ0v) is 16.7. The van der Waals surface area contributed by atoms with Gasteiger partial charge in [-0.1, -0.05) is 0 Å². The Labute approximate surface area is 167 Å². The van der Waals surface area contributed by atoms with E-state index in [1.807, 2.05) is 6.07 Å². The second-order valence-electron chi connectivity index (χ2n) is 6.36. The summed E-state index contributed by atoms with van der Waals surface area (Å²) in [7, 11) is 4.74. The molecule has 0 aliphatic carbocycles. The third kappa shape index (κ3) is 4.57. The van der Waals surface area contributed by atoms with Crippen LogP contribution in [-0.2, 0) is 16.1 Å². The molecule has 0 atom stereocenters. The van der Waals surface area contributed by atoms with E-state index in [0.29, 0.717) is 42.3 Å². The van der Waals surface area contributed by atoms with E-state index in [1.165, 1.54) is 9.08 Å². The van der Waals surface area contributed by atoms with E-state index in [0.717, 1.165) is 5.56 Å². The molecule has 0 saturated carbocycles. The summed E-state index contributed by atoms with van der Waals surface area (Å²) in [6, 6.07) is 7.11. The fourth-order valence-corrected chi connectivity index (χ4v) is 2.94. The van der Waals surface area contributed by atoms with E-state index in [-0.39, 0.29) is 18.0 Å². The second kappa shape index (κ2) is 9.24. The number of ether oxygens (including phenoxy) is 3. The van der Waals surface area contributed by atoms with Crippen molar-refractivity contribution in [3.05, 3.63) is 47.0 Å². The predicted molar refractivity (Wildman–Crippen MR) is 107 cm³/mol. The van der Waals surface area contributed by atoms with Gasteiger partial charge in [-0.25, -0.2) is 4.52 Å². The number of aromatic nitrogens is 3. The molecule has 0 saturated heterocycles. The van der Waals surface area contributed by atoms with Gasteiger partial charge in [0.25, 0.3) is 5.56 Å². The van der Waals surface area contributed by atoms with Crippen LogP contribution in [0.1, 0.15) is 6.42 Å². The molecule has 154 valence electrons. The Balaban J connectivity index is 1.83. The van der Waals surface area contributed by atoms with Crippen LogP contribution < -0.4 is 20.3 Å². The van der Waals surface area contributed by atoms with Crippen molar-refractivity contribution in [1.29, 1.82) is 0 Å². The van der Waals surface area contributed by atoms with Gasteiger partial charge in [-0.05, 0) is 30.7 Å². The van der Waals surface area contributed by atoms with Crippen molar-refractivity contribution in [1.82, 2.24) is 19.5 Å². The zero-order chi connectivity index (χ0) is 20.8. The molecule has 1 N–H and O–H groups in total. The first kappa shape index (κ1) is 20.4. The van der Waals surface area contributed by atoms with E-state index in [2.05, 4.69) is 10.4 Å². The van der Waals surface area contributed by atoms with E-state index in [1.54, 1.807) is 51.9 Å². The predicted octanol–water partition coefficient (Wildman–Crippen LogP) is 1.33. The standard InChI is InChI=1S/C20H24N4O5/c1-27-10-4-7-21-19(25)13-23-8-9-24-16(20(23)26)12-15(22-24)14-5-6-17(28-2)18(11-14)29-3/h5-6,8-9,11-12H,4,7,10,13H2,1-3H3,(H,21,25). The van der Waals surface area contributed by atoms with Gasteiger partial charge in [0.1, 0.15) is 12.1 Å². The number of nitrogens with one attached hydrogen (secondary N) is 1. The largest absolute Gasteiger partial charge is 0.493 e. The van der Waals surface area contributed by atoms with Crippen LogP contribution in [0, 0.1) is 0 Å². The molecule has 0 spiro atoms. The molecule has 2 aromatic heterocycles. The van der Waals surface area contributed by atoms with Crippen LogP contribution in [0.3, 0.4) is 0 Å². The van der Waals surface area contributed by atoms with Gasteiger partial charge < -0.3 is 24.1 Å². The first-order valence-corrected chi connectivity index (χ1v) is 9.14. The lowest BCUT2D eigenvalue weighted by molar-refractivity contribution is -0.121. The van der Waals surface area contributed by atoms with E-state index in [9.17, 15) is 9.59 Å². The third-order valence-corrected chi connectivity index (χ3v) is 4.44. The normalized spacial score (nSPS) is 10.9. The third-order valence-electron chi connectivity index (χ3n) is 4.44. The Kier molecular flexibility index (Phi) is 6.50. The Hall–Kier alpha value is -3.33. The Bertz CT molecular complexity index is 1060. The molecule has 0 aliphatic rings. The van der Waals surface area contributed by atoms with Crippen molar-refractivity contribution in [2.75, 3.05) is 34.5 Å². The SMILES string of the molecule is COCCCNC(=O)Cn1ccn2nc(-c3ccc(OC)c(OC)c3)cc2c1=O. The van der Waals surface area contributed by atoms with Crippen LogP contribution >= 0.6 is 0 Å². The minimum Gasteiger partial charge on any atom is -0.493 e. The molecule has 1 aromatic carbocycles. The summed E-state index contributed by atoms with van der Waals surface area (Å²) in [5.74, 6) is 0.954. The van der Waals surface area contributed by atoms with E-state index in [4.69, 9.17) is 14.2 Å². The topological polar surface area (TPSA) is 96.1 Å². The molecule has 9 heteroatoms. The number of hydrogen-bond acceptors (Lipinski definition) is 6. The Morgan fingerprint density at radius 2 is 1.90 bits per heavy atom.